The Morgan fingerprint density at radius 3 is 1.00 bits per heavy atom. The first-order valence-electron chi connectivity index (χ1n) is 15.4. The smallest absolute Gasteiger partial charge is 0.00613 e. The first-order valence-corrected chi connectivity index (χ1v) is 16.4. The van der Waals surface area contributed by atoms with Gasteiger partial charge in [0.15, 0.2) is 0 Å². The number of rotatable bonds is 27. The minimum absolute atomic E-state index is 1.29. The van der Waals surface area contributed by atoms with E-state index in [4.69, 9.17) is 0 Å². The highest BCUT2D eigenvalue weighted by molar-refractivity contribution is 7.07. The predicted octanol–water partition coefficient (Wildman–Crippen LogP) is 12.5. The lowest BCUT2D eigenvalue weighted by Gasteiger charge is -2.04. The standard InChI is InChI=1S/C32H60S/c1-2-3-4-5-6-7-8-9-10-11-12-13-14-15-16-17-18-19-20-21-22-23-24-25-26-27-28-32-29-30-33-31-32/h29-31H,2-28H2,1H3. The van der Waals surface area contributed by atoms with Gasteiger partial charge in [0.05, 0.1) is 0 Å². The molecule has 0 saturated heterocycles. The summed E-state index contributed by atoms with van der Waals surface area (Å²) >= 11 is 1.83. The van der Waals surface area contributed by atoms with Gasteiger partial charge in [-0.2, -0.15) is 11.3 Å². The van der Waals surface area contributed by atoms with Gasteiger partial charge in [-0.25, -0.2) is 0 Å². The van der Waals surface area contributed by atoms with Crippen LogP contribution in [0.25, 0.3) is 0 Å². The van der Waals surface area contributed by atoms with Crippen LogP contribution in [0, 0.1) is 0 Å². The van der Waals surface area contributed by atoms with Gasteiger partial charge in [-0.1, -0.05) is 167 Å². The summed E-state index contributed by atoms with van der Waals surface area (Å²) in [6.07, 6.45) is 39.5. The van der Waals surface area contributed by atoms with E-state index in [2.05, 4.69) is 23.8 Å². The van der Waals surface area contributed by atoms with E-state index in [0.717, 1.165) is 0 Å². The Hall–Kier alpha value is -0.300. The van der Waals surface area contributed by atoms with Gasteiger partial charge in [0, 0.05) is 0 Å². The van der Waals surface area contributed by atoms with Gasteiger partial charge in [0.1, 0.15) is 0 Å². The van der Waals surface area contributed by atoms with Gasteiger partial charge in [-0.05, 0) is 35.2 Å². The summed E-state index contributed by atoms with van der Waals surface area (Å²) in [6, 6.07) is 2.28. The molecule has 0 aliphatic rings. The van der Waals surface area contributed by atoms with E-state index in [-0.39, 0.29) is 0 Å². The molecule has 0 bridgehead atoms. The van der Waals surface area contributed by atoms with E-state index >= 15 is 0 Å². The summed E-state index contributed by atoms with van der Waals surface area (Å²) in [5, 5.41) is 4.51. The molecule has 0 radical (unpaired) electrons. The van der Waals surface area contributed by atoms with E-state index in [1.54, 1.807) is 5.56 Å². The maximum Gasteiger partial charge on any atom is -0.00613 e. The number of hydrogen-bond donors (Lipinski definition) is 0. The average Bonchev–Trinajstić information content (AvgIpc) is 3.35. The third kappa shape index (κ3) is 23.2. The first kappa shape index (κ1) is 30.7. The van der Waals surface area contributed by atoms with Crippen LogP contribution in [-0.2, 0) is 6.42 Å². The zero-order valence-corrected chi connectivity index (χ0v) is 23.5. The number of aryl methyl sites for hydroxylation is 1. The molecule has 33 heavy (non-hydrogen) atoms. The van der Waals surface area contributed by atoms with Crippen LogP contribution in [0.3, 0.4) is 0 Å². The summed E-state index contributed by atoms with van der Waals surface area (Å²) in [5.41, 5.74) is 1.55. The molecule has 0 unspecified atom stereocenters. The Balaban J connectivity index is 1.62. The number of thiophene rings is 1. The maximum absolute atomic E-state index is 2.31. The van der Waals surface area contributed by atoms with E-state index in [0.29, 0.717) is 0 Å². The molecule has 0 aliphatic heterocycles. The molecule has 1 heteroatoms. The van der Waals surface area contributed by atoms with Crippen LogP contribution in [0.15, 0.2) is 16.8 Å². The molecule has 0 nitrogen and oxygen atoms in total. The molecule has 0 aromatic carbocycles. The van der Waals surface area contributed by atoms with Crippen LogP contribution in [-0.4, -0.2) is 0 Å². The van der Waals surface area contributed by atoms with Gasteiger partial charge in [0.25, 0.3) is 0 Å². The van der Waals surface area contributed by atoms with E-state index in [1.165, 1.54) is 173 Å². The average molecular weight is 477 g/mol. The Morgan fingerprint density at radius 2 is 0.727 bits per heavy atom. The van der Waals surface area contributed by atoms with Gasteiger partial charge in [0.2, 0.25) is 0 Å². The molecular formula is C32H60S. The fourth-order valence-corrected chi connectivity index (χ4v) is 5.78. The SMILES string of the molecule is CCCCCCCCCCCCCCCCCCCCCCCCCCCCc1ccsc1. The molecule has 1 heterocycles. The predicted molar refractivity (Wildman–Crippen MR) is 154 cm³/mol. The monoisotopic (exact) mass is 476 g/mol. The highest BCUT2D eigenvalue weighted by Gasteiger charge is 1.97. The van der Waals surface area contributed by atoms with E-state index in [9.17, 15) is 0 Å². The van der Waals surface area contributed by atoms with Crippen molar-refractivity contribution >= 4 is 11.3 Å². The molecule has 0 N–H and O–H groups in total. The Morgan fingerprint density at radius 1 is 0.424 bits per heavy atom. The zero-order chi connectivity index (χ0) is 23.5. The molecule has 0 aliphatic carbocycles. The van der Waals surface area contributed by atoms with Crippen LogP contribution in [0.5, 0.6) is 0 Å². The second-order valence-corrected chi connectivity index (χ2v) is 11.5. The van der Waals surface area contributed by atoms with Crippen molar-refractivity contribution in [2.45, 2.75) is 180 Å². The van der Waals surface area contributed by atoms with Crippen LogP contribution in [0.4, 0.5) is 0 Å². The number of hydrogen-bond acceptors (Lipinski definition) is 1. The summed E-state index contributed by atoms with van der Waals surface area (Å²) in [5.74, 6) is 0. The minimum atomic E-state index is 1.29. The van der Waals surface area contributed by atoms with E-state index in [1.807, 2.05) is 11.3 Å². The van der Waals surface area contributed by atoms with Crippen molar-refractivity contribution in [2.24, 2.45) is 0 Å². The van der Waals surface area contributed by atoms with Crippen LogP contribution < -0.4 is 0 Å². The lowest BCUT2D eigenvalue weighted by Crippen LogP contribution is -1.85. The second-order valence-electron chi connectivity index (χ2n) is 10.7. The van der Waals surface area contributed by atoms with Crippen molar-refractivity contribution in [2.75, 3.05) is 0 Å². The quantitative estimate of drug-likeness (QED) is 0.111. The van der Waals surface area contributed by atoms with Gasteiger partial charge >= 0.3 is 0 Å². The molecule has 0 spiro atoms. The Labute approximate surface area is 213 Å². The molecule has 0 amide bonds. The third-order valence-corrected chi connectivity index (χ3v) is 8.13. The fraction of sp³-hybridized carbons (Fsp3) is 0.875. The van der Waals surface area contributed by atoms with Crippen LogP contribution >= 0.6 is 11.3 Å². The van der Waals surface area contributed by atoms with E-state index < -0.39 is 0 Å². The summed E-state index contributed by atoms with van der Waals surface area (Å²) in [6.45, 7) is 2.31. The lowest BCUT2D eigenvalue weighted by atomic mass is 10.0. The van der Waals surface area contributed by atoms with Crippen molar-refractivity contribution in [3.05, 3.63) is 22.4 Å². The summed E-state index contributed by atoms with van der Waals surface area (Å²) < 4.78 is 0. The first-order chi connectivity index (χ1) is 16.4. The molecular weight excluding hydrogens is 416 g/mol. The zero-order valence-electron chi connectivity index (χ0n) is 22.7. The highest BCUT2D eigenvalue weighted by atomic mass is 32.1. The molecule has 0 fully saturated rings. The van der Waals surface area contributed by atoms with Crippen molar-refractivity contribution in [3.63, 3.8) is 0 Å². The topological polar surface area (TPSA) is 0 Å². The third-order valence-electron chi connectivity index (χ3n) is 7.40. The molecule has 194 valence electrons. The van der Waals surface area contributed by atoms with Crippen LogP contribution in [0.1, 0.15) is 179 Å². The Bertz CT molecular complexity index is 449. The minimum Gasteiger partial charge on any atom is -0.152 e. The number of unbranched alkanes of at least 4 members (excludes halogenated alkanes) is 25. The van der Waals surface area contributed by atoms with Crippen LogP contribution in [0.2, 0.25) is 0 Å². The highest BCUT2D eigenvalue weighted by Crippen LogP contribution is 2.16. The second kappa shape index (κ2) is 26.3. The van der Waals surface area contributed by atoms with Crippen molar-refractivity contribution < 1.29 is 0 Å². The van der Waals surface area contributed by atoms with Crippen molar-refractivity contribution in [3.8, 4) is 0 Å². The molecule has 1 aromatic rings. The largest absolute Gasteiger partial charge is 0.152 e. The fourth-order valence-electron chi connectivity index (χ4n) is 5.08. The molecule has 1 aromatic heterocycles. The van der Waals surface area contributed by atoms with Crippen molar-refractivity contribution in [1.29, 1.82) is 0 Å². The molecule has 0 atom stereocenters. The van der Waals surface area contributed by atoms with Gasteiger partial charge in [-0.15, -0.1) is 0 Å². The molecule has 0 saturated carbocycles. The van der Waals surface area contributed by atoms with Gasteiger partial charge in [-0.3, -0.25) is 0 Å². The van der Waals surface area contributed by atoms with Gasteiger partial charge < -0.3 is 0 Å². The summed E-state index contributed by atoms with van der Waals surface area (Å²) in [7, 11) is 0. The lowest BCUT2D eigenvalue weighted by molar-refractivity contribution is 0.515. The van der Waals surface area contributed by atoms with Crippen molar-refractivity contribution in [1.82, 2.24) is 0 Å². The molecule has 1 rings (SSSR count). The normalized spacial score (nSPS) is 11.4. The maximum atomic E-state index is 2.31. The Kier molecular flexibility index (Phi) is 24.5. The summed E-state index contributed by atoms with van der Waals surface area (Å²) in [4.78, 5) is 0.